The van der Waals surface area contributed by atoms with Gasteiger partial charge in [-0.25, -0.2) is 9.67 Å². The van der Waals surface area contributed by atoms with E-state index in [2.05, 4.69) is 25.3 Å². The highest BCUT2D eigenvalue weighted by Gasteiger charge is 2.51. The van der Waals surface area contributed by atoms with Crippen LogP contribution in [0.5, 0.6) is 0 Å². The van der Waals surface area contributed by atoms with Crippen LogP contribution in [0, 0.1) is 6.92 Å². The van der Waals surface area contributed by atoms with E-state index in [-0.39, 0.29) is 11.4 Å². The van der Waals surface area contributed by atoms with Crippen molar-refractivity contribution in [1.82, 2.24) is 34.8 Å². The number of nitrogens with zero attached hydrogens (tertiary/aromatic N) is 6. The first kappa shape index (κ1) is 17.3. The highest BCUT2D eigenvalue weighted by molar-refractivity contribution is 5.94. The Morgan fingerprint density at radius 1 is 1.20 bits per heavy atom. The summed E-state index contributed by atoms with van der Waals surface area (Å²) in [5.74, 6) is -0.0606. The van der Waals surface area contributed by atoms with E-state index in [1.807, 2.05) is 42.2 Å². The van der Waals surface area contributed by atoms with Gasteiger partial charge in [0.15, 0.2) is 5.69 Å². The third-order valence-corrected chi connectivity index (χ3v) is 6.62. The quantitative estimate of drug-likeness (QED) is 0.559. The first-order valence-corrected chi connectivity index (χ1v) is 10.3. The van der Waals surface area contributed by atoms with E-state index in [1.54, 1.807) is 17.2 Å². The van der Waals surface area contributed by atoms with E-state index >= 15 is 0 Å². The van der Waals surface area contributed by atoms with Crippen molar-refractivity contribution in [3.8, 4) is 5.69 Å². The normalized spacial score (nSPS) is 17.2. The van der Waals surface area contributed by atoms with Crippen molar-refractivity contribution in [2.45, 2.75) is 38.1 Å². The third-order valence-electron chi connectivity index (χ3n) is 6.62. The maximum Gasteiger partial charge on any atom is 0.277 e. The molecule has 4 heterocycles. The van der Waals surface area contributed by atoms with Crippen molar-refractivity contribution in [2.24, 2.45) is 0 Å². The SMILES string of the molecule is Cc1c(C(=O)N2CCc3[nH]cnc3C23CCC3)nnn1-c1ccc2ncccc2c1. The molecule has 0 unspecified atom stereocenters. The summed E-state index contributed by atoms with van der Waals surface area (Å²) in [4.78, 5) is 27.7. The van der Waals surface area contributed by atoms with Gasteiger partial charge in [-0.3, -0.25) is 9.78 Å². The van der Waals surface area contributed by atoms with Crippen LogP contribution in [0.1, 0.15) is 46.8 Å². The van der Waals surface area contributed by atoms with Gasteiger partial charge >= 0.3 is 0 Å². The smallest absolute Gasteiger partial charge is 0.277 e. The van der Waals surface area contributed by atoms with Gasteiger partial charge in [0.1, 0.15) is 0 Å². The van der Waals surface area contributed by atoms with Crippen LogP contribution in [-0.2, 0) is 12.0 Å². The fourth-order valence-corrected chi connectivity index (χ4v) is 4.89. The van der Waals surface area contributed by atoms with Gasteiger partial charge in [0.05, 0.1) is 34.5 Å². The Hall–Kier alpha value is -3.55. The summed E-state index contributed by atoms with van der Waals surface area (Å²) in [6.45, 7) is 2.57. The molecule has 1 fully saturated rings. The summed E-state index contributed by atoms with van der Waals surface area (Å²) in [7, 11) is 0. The minimum Gasteiger partial charge on any atom is -0.348 e. The number of aromatic amines is 1. The lowest BCUT2D eigenvalue weighted by Crippen LogP contribution is -2.57. The number of amides is 1. The summed E-state index contributed by atoms with van der Waals surface area (Å²) in [5, 5.41) is 9.63. The summed E-state index contributed by atoms with van der Waals surface area (Å²) >= 11 is 0. The highest BCUT2D eigenvalue weighted by Crippen LogP contribution is 2.49. The van der Waals surface area contributed by atoms with Crippen LogP contribution >= 0.6 is 0 Å². The number of carbonyl (C=O) groups is 1. The minimum absolute atomic E-state index is 0.0606. The van der Waals surface area contributed by atoms with Crippen molar-refractivity contribution in [3.05, 3.63) is 65.6 Å². The zero-order valence-electron chi connectivity index (χ0n) is 16.7. The number of imidazole rings is 1. The average Bonchev–Trinajstić information content (AvgIpc) is 3.37. The lowest BCUT2D eigenvalue weighted by Gasteiger charge is -2.51. The fourth-order valence-electron chi connectivity index (χ4n) is 4.89. The lowest BCUT2D eigenvalue weighted by atomic mass is 9.70. The topological polar surface area (TPSA) is 92.6 Å². The number of rotatable bonds is 2. The monoisotopic (exact) mass is 399 g/mol. The molecule has 30 heavy (non-hydrogen) atoms. The lowest BCUT2D eigenvalue weighted by molar-refractivity contribution is 0.00402. The zero-order chi connectivity index (χ0) is 20.3. The van der Waals surface area contributed by atoms with Crippen molar-refractivity contribution in [3.63, 3.8) is 0 Å². The van der Waals surface area contributed by atoms with Crippen LogP contribution in [0.25, 0.3) is 16.6 Å². The molecular formula is C22H21N7O. The molecule has 1 aliphatic heterocycles. The second-order valence-corrected chi connectivity index (χ2v) is 8.14. The van der Waals surface area contributed by atoms with E-state index in [1.165, 1.54) is 0 Å². The van der Waals surface area contributed by atoms with Crippen molar-refractivity contribution in [2.75, 3.05) is 6.54 Å². The second kappa shape index (κ2) is 6.22. The summed E-state index contributed by atoms with van der Waals surface area (Å²) in [6, 6.07) is 9.85. The number of H-pyrrole nitrogens is 1. The molecule has 1 N–H and O–H groups in total. The maximum atomic E-state index is 13.6. The molecule has 1 aliphatic carbocycles. The summed E-state index contributed by atoms with van der Waals surface area (Å²) in [6.07, 6.45) is 7.30. The molecule has 1 saturated carbocycles. The Morgan fingerprint density at radius 3 is 2.93 bits per heavy atom. The highest BCUT2D eigenvalue weighted by atomic mass is 16.2. The zero-order valence-corrected chi connectivity index (χ0v) is 16.7. The first-order valence-electron chi connectivity index (χ1n) is 10.3. The Bertz CT molecular complexity index is 1280. The molecule has 1 amide bonds. The van der Waals surface area contributed by atoms with Gasteiger partial charge in [0, 0.05) is 30.2 Å². The van der Waals surface area contributed by atoms with Gasteiger partial charge in [-0.15, -0.1) is 5.10 Å². The number of nitrogens with one attached hydrogen (secondary N) is 1. The Balaban J connectivity index is 1.38. The summed E-state index contributed by atoms with van der Waals surface area (Å²) in [5.41, 5.74) is 4.83. The number of carbonyl (C=O) groups excluding carboxylic acids is 1. The van der Waals surface area contributed by atoms with Gasteiger partial charge in [0.25, 0.3) is 5.91 Å². The van der Waals surface area contributed by atoms with Crippen LogP contribution in [0.3, 0.4) is 0 Å². The molecule has 0 atom stereocenters. The molecule has 6 rings (SSSR count). The number of pyridine rings is 1. The predicted molar refractivity (Wildman–Crippen MR) is 110 cm³/mol. The second-order valence-electron chi connectivity index (χ2n) is 8.14. The molecule has 1 spiro atoms. The Labute approximate surface area is 173 Å². The molecular weight excluding hydrogens is 378 g/mol. The Kier molecular flexibility index (Phi) is 3.59. The largest absolute Gasteiger partial charge is 0.348 e. The first-order chi connectivity index (χ1) is 14.7. The van der Waals surface area contributed by atoms with Crippen LogP contribution < -0.4 is 0 Å². The molecule has 8 nitrogen and oxygen atoms in total. The number of aromatic nitrogens is 6. The van der Waals surface area contributed by atoms with E-state index in [0.717, 1.165) is 59.4 Å². The number of fused-ring (bicyclic) bond motifs is 3. The van der Waals surface area contributed by atoms with Crippen LogP contribution in [-0.4, -0.2) is 47.3 Å². The molecule has 0 bridgehead atoms. The molecule has 1 aromatic carbocycles. The van der Waals surface area contributed by atoms with Crippen molar-refractivity contribution in [1.29, 1.82) is 0 Å². The Morgan fingerprint density at radius 2 is 2.10 bits per heavy atom. The van der Waals surface area contributed by atoms with E-state index in [0.29, 0.717) is 12.2 Å². The molecule has 0 radical (unpaired) electrons. The molecule has 2 aliphatic rings. The van der Waals surface area contributed by atoms with Crippen LogP contribution in [0.4, 0.5) is 0 Å². The van der Waals surface area contributed by atoms with E-state index in [9.17, 15) is 4.79 Å². The molecule has 4 aromatic rings. The van der Waals surface area contributed by atoms with Gasteiger partial charge in [-0.1, -0.05) is 11.3 Å². The maximum absolute atomic E-state index is 13.6. The molecule has 150 valence electrons. The van der Waals surface area contributed by atoms with Gasteiger partial charge < -0.3 is 9.88 Å². The van der Waals surface area contributed by atoms with Crippen molar-refractivity contribution < 1.29 is 4.79 Å². The minimum atomic E-state index is -0.296. The third kappa shape index (κ3) is 2.30. The van der Waals surface area contributed by atoms with Crippen LogP contribution in [0.15, 0.2) is 42.9 Å². The standard InChI is InChI=1S/C22H21N7O/c1-14-19(26-27-29(14)16-5-6-17-15(12-16)4-2-10-23-17)21(30)28-11-7-18-20(25-13-24-18)22(28)8-3-9-22/h2,4-6,10,12-13H,3,7-9,11H2,1H3,(H,24,25). The number of hydrogen-bond acceptors (Lipinski definition) is 5. The van der Waals surface area contributed by atoms with Gasteiger partial charge in [-0.05, 0) is 50.5 Å². The van der Waals surface area contributed by atoms with Crippen molar-refractivity contribution >= 4 is 16.8 Å². The number of benzene rings is 1. The fraction of sp³-hybridized carbons (Fsp3) is 0.318. The predicted octanol–water partition coefficient (Wildman–Crippen LogP) is 2.92. The number of hydrogen-bond donors (Lipinski definition) is 1. The molecule has 3 aromatic heterocycles. The molecule has 0 saturated heterocycles. The average molecular weight is 399 g/mol. The van der Waals surface area contributed by atoms with Gasteiger partial charge in [-0.2, -0.15) is 0 Å². The van der Waals surface area contributed by atoms with Gasteiger partial charge in [0.2, 0.25) is 0 Å². The van der Waals surface area contributed by atoms with E-state index in [4.69, 9.17) is 0 Å². The molecule has 8 heteroatoms. The van der Waals surface area contributed by atoms with E-state index < -0.39 is 0 Å². The van der Waals surface area contributed by atoms with Crippen LogP contribution in [0.2, 0.25) is 0 Å². The summed E-state index contributed by atoms with van der Waals surface area (Å²) < 4.78 is 1.73.